The Morgan fingerprint density at radius 1 is 1.55 bits per heavy atom. The normalized spacial score (nSPS) is 15.6. The highest BCUT2D eigenvalue weighted by atomic mass is 32.1. The van der Waals surface area contributed by atoms with Crippen molar-refractivity contribution in [1.29, 1.82) is 0 Å². The third kappa shape index (κ3) is 3.72. The summed E-state index contributed by atoms with van der Waals surface area (Å²) in [5.74, 6) is -0.873. The molecule has 0 saturated carbocycles. The van der Waals surface area contributed by atoms with Gasteiger partial charge in [0.15, 0.2) is 0 Å². The summed E-state index contributed by atoms with van der Waals surface area (Å²) >= 11 is 1.73. The molecule has 1 aliphatic rings. The molecule has 0 aliphatic carbocycles. The van der Waals surface area contributed by atoms with Crippen molar-refractivity contribution in [2.24, 2.45) is 0 Å². The van der Waals surface area contributed by atoms with Crippen LogP contribution >= 0.6 is 11.3 Å². The molecule has 2 rings (SSSR count). The molecule has 6 heteroatoms. The second kappa shape index (κ2) is 6.74. The summed E-state index contributed by atoms with van der Waals surface area (Å²) in [6.45, 7) is 3.31. The van der Waals surface area contributed by atoms with Gasteiger partial charge < -0.3 is 15.3 Å². The molecule has 1 atom stereocenters. The van der Waals surface area contributed by atoms with E-state index in [2.05, 4.69) is 16.8 Å². The maximum atomic E-state index is 12.2. The van der Waals surface area contributed by atoms with E-state index in [0.717, 1.165) is 12.8 Å². The minimum atomic E-state index is -0.873. The van der Waals surface area contributed by atoms with E-state index in [1.807, 2.05) is 6.92 Å². The van der Waals surface area contributed by atoms with Crippen LogP contribution in [0.2, 0.25) is 0 Å². The van der Waals surface area contributed by atoms with Gasteiger partial charge in [-0.05, 0) is 29.9 Å². The van der Waals surface area contributed by atoms with Crippen molar-refractivity contribution in [3.8, 4) is 0 Å². The SMILES string of the molecule is CCCC(CC(=O)O)NC(=O)N1CCc2sccc2C1. The fourth-order valence-electron chi connectivity index (χ4n) is 2.47. The number of hydrogen-bond donors (Lipinski definition) is 2. The first-order valence-electron chi connectivity index (χ1n) is 6.92. The summed E-state index contributed by atoms with van der Waals surface area (Å²) in [4.78, 5) is 26.1. The lowest BCUT2D eigenvalue weighted by Gasteiger charge is -2.29. The van der Waals surface area contributed by atoms with Crippen LogP contribution in [0.5, 0.6) is 0 Å². The van der Waals surface area contributed by atoms with Gasteiger partial charge in [0.2, 0.25) is 0 Å². The maximum absolute atomic E-state index is 12.2. The Morgan fingerprint density at radius 2 is 2.35 bits per heavy atom. The Morgan fingerprint density at radius 3 is 3.05 bits per heavy atom. The third-order valence-corrected chi connectivity index (χ3v) is 4.50. The molecule has 0 saturated heterocycles. The summed E-state index contributed by atoms with van der Waals surface area (Å²) in [5, 5.41) is 13.8. The molecule has 2 amide bonds. The zero-order valence-electron chi connectivity index (χ0n) is 11.6. The number of fused-ring (bicyclic) bond motifs is 1. The van der Waals surface area contributed by atoms with Crippen LogP contribution in [0.4, 0.5) is 4.79 Å². The summed E-state index contributed by atoms with van der Waals surface area (Å²) in [7, 11) is 0. The van der Waals surface area contributed by atoms with Gasteiger partial charge in [0.25, 0.3) is 0 Å². The largest absolute Gasteiger partial charge is 0.481 e. The van der Waals surface area contributed by atoms with Gasteiger partial charge in [0, 0.05) is 24.0 Å². The lowest BCUT2D eigenvalue weighted by atomic mass is 10.1. The van der Waals surface area contributed by atoms with Crippen molar-refractivity contribution in [2.75, 3.05) is 6.54 Å². The number of hydrogen-bond acceptors (Lipinski definition) is 3. The number of aliphatic carboxylic acids is 1. The van der Waals surface area contributed by atoms with Gasteiger partial charge in [-0.1, -0.05) is 13.3 Å². The van der Waals surface area contributed by atoms with E-state index < -0.39 is 5.97 Å². The van der Waals surface area contributed by atoms with Gasteiger partial charge >= 0.3 is 12.0 Å². The smallest absolute Gasteiger partial charge is 0.317 e. The molecular weight excluding hydrogens is 276 g/mol. The molecule has 0 bridgehead atoms. The molecule has 1 aliphatic heterocycles. The Labute approximate surface area is 122 Å². The molecule has 0 aromatic carbocycles. The topological polar surface area (TPSA) is 69.6 Å². The van der Waals surface area contributed by atoms with Gasteiger partial charge in [-0.3, -0.25) is 4.79 Å². The summed E-state index contributed by atoms with van der Waals surface area (Å²) in [6.07, 6.45) is 2.41. The molecule has 1 unspecified atom stereocenters. The minimum absolute atomic E-state index is 0.0167. The van der Waals surface area contributed by atoms with E-state index in [9.17, 15) is 9.59 Å². The predicted octanol–water partition coefficient (Wildman–Crippen LogP) is 2.46. The van der Waals surface area contributed by atoms with Gasteiger partial charge in [0.1, 0.15) is 0 Å². The Bertz CT molecular complexity index is 487. The fraction of sp³-hybridized carbons (Fsp3) is 0.571. The number of carboxylic acid groups (broad SMARTS) is 1. The van der Waals surface area contributed by atoms with E-state index in [4.69, 9.17) is 5.11 Å². The Hall–Kier alpha value is -1.56. The molecule has 110 valence electrons. The van der Waals surface area contributed by atoms with Crippen LogP contribution in [0.15, 0.2) is 11.4 Å². The molecule has 5 nitrogen and oxygen atoms in total. The number of thiophene rings is 1. The zero-order valence-corrected chi connectivity index (χ0v) is 12.4. The van der Waals surface area contributed by atoms with Crippen molar-refractivity contribution < 1.29 is 14.7 Å². The lowest BCUT2D eigenvalue weighted by Crippen LogP contribution is -2.47. The number of nitrogens with one attached hydrogen (secondary N) is 1. The molecule has 20 heavy (non-hydrogen) atoms. The summed E-state index contributed by atoms with van der Waals surface area (Å²) in [5.41, 5.74) is 1.21. The van der Waals surface area contributed by atoms with Gasteiger partial charge in [-0.2, -0.15) is 0 Å². The highest BCUT2D eigenvalue weighted by molar-refractivity contribution is 7.10. The van der Waals surface area contributed by atoms with Crippen LogP contribution in [-0.4, -0.2) is 34.6 Å². The van der Waals surface area contributed by atoms with Crippen LogP contribution in [-0.2, 0) is 17.8 Å². The Balaban J connectivity index is 1.92. The highest BCUT2D eigenvalue weighted by Gasteiger charge is 2.23. The van der Waals surface area contributed by atoms with Crippen LogP contribution in [0.1, 0.15) is 36.6 Å². The summed E-state index contributed by atoms with van der Waals surface area (Å²) < 4.78 is 0. The van der Waals surface area contributed by atoms with E-state index >= 15 is 0 Å². The van der Waals surface area contributed by atoms with E-state index in [1.165, 1.54) is 10.4 Å². The average molecular weight is 296 g/mol. The van der Waals surface area contributed by atoms with Crippen molar-refractivity contribution in [1.82, 2.24) is 10.2 Å². The first-order chi connectivity index (χ1) is 9.60. The lowest BCUT2D eigenvalue weighted by molar-refractivity contribution is -0.137. The quantitative estimate of drug-likeness (QED) is 0.877. The first kappa shape index (κ1) is 14.8. The summed E-state index contributed by atoms with van der Waals surface area (Å²) in [6, 6.07) is 1.62. The Kier molecular flexibility index (Phi) is 5.00. The van der Waals surface area contributed by atoms with Gasteiger partial charge in [-0.15, -0.1) is 11.3 Å². The monoisotopic (exact) mass is 296 g/mol. The van der Waals surface area contributed by atoms with E-state index in [1.54, 1.807) is 16.2 Å². The van der Waals surface area contributed by atoms with Crippen LogP contribution in [0, 0.1) is 0 Å². The molecule has 0 spiro atoms. The third-order valence-electron chi connectivity index (χ3n) is 3.48. The highest BCUT2D eigenvalue weighted by Crippen LogP contribution is 2.24. The fourth-order valence-corrected chi connectivity index (χ4v) is 3.36. The van der Waals surface area contributed by atoms with E-state index in [0.29, 0.717) is 19.5 Å². The molecule has 0 fully saturated rings. The minimum Gasteiger partial charge on any atom is -0.481 e. The number of carbonyl (C=O) groups excluding carboxylic acids is 1. The predicted molar refractivity (Wildman–Crippen MR) is 77.9 cm³/mol. The van der Waals surface area contributed by atoms with Crippen molar-refractivity contribution in [3.05, 3.63) is 21.9 Å². The number of carbonyl (C=O) groups is 2. The molecular formula is C14H20N2O3S. The van der Waals surface area contributed by atoms with Crippen molar-refractivity contribution in [2.45, 2.75) is 45.2 Å². The first-order valence-corrected chi connectivity index (χ1v) is 7.80. The standard InChI is InChI=1S/C14H20N2O3S/c1-2-3-11(8-13(17)18)15-14(19)16-6-4-12-10(9-16)5-7-20-12/h5,7,11H,2-4,6,8-9H2,1H3,(H,15,19)(H,17,18). The number of rotatable bonds is 5. The molecule has 1 aromatic rings. The van der Waals surface area contributed by atoms with Crippen LogP contribution in [0.3, 0.4) is 0 Å². The molecule has 1 aromatic heterocycles. The van der Waals surface area contributed by atoms with Crippen molar-refractivity contribution in [3.63, 3.8) is 0 Å². The number of carboxylic acids is 1. The zero-order chi connectivity index (χ0) is 14.5. The van der Waals surface area contributed by atoms with E-state index in [-0.39, 0.29) is 18.5 Å². The number of amides is 2. The van der Waals surface area contributed by atoms with Gasteiger partial charge in [-0.25, -0.2) is 4.79 Å². The van der Waals surface area contributed by atoms with Gasteiger partial charge in [0.05, 0.1) is 6.42 Å². The van der Waals surface area contributed by atoms with Crippen molar-refractivity contribution >= 4 is 23.3 Å². The van der Waals surface area contributed by atoms with Crippen LogP contribution in [0.25, 0.3) is 0 Å². The molecule has 2 heterocycles. The molecule has 0 radical (unpaired) electrons. The maximum Gasteiger partial charge on any atom is 0.317 e. The number of nitrogens with zero attached hydrogens (tertiary/aromatic N) is 1. The second-order valence-electron chi connectivity index (χ2n) is 5.07. The van der Waals surface area contributed by atoms with Crippen LogP contribution < -0.4 is 5.32 Å². The molecule has 2 N–H and O–H groups in total. The second-order valence-corrected chi connectivity index (χ2v) is 6.07. The average Bonchev–Trinajstić information content (AvgIpc) is 2.85. The number of urea groups is 1.